The van der Waals surface area contributed by atoms with Gasteiger partial charge in [-0.1, -0.05) is 12.8 Å². The number of amides is 2. The second-order valence-electron chi connectivity index (χ2n) is 10.4. The molecule has 1 aliphatic heterocycles. The average molecular weight is 498 g/mol. The smallest absolute Gasteiger partial charge is 0.420 e. The molecule has 8 nitrogen and oxygen atoms in total. The zero-order valence-corrected chi connectivity index (χ0v) is 21.1. The topological polar surface area (TPSA) is 91.4 Å². The van der Waals surface area contributed by atoms with E-state index in [1.54, 1.807) is 48.5 Å². The van der Waals surface area contributed by atoms with E-state index < -0.39 is 60.2 Å². The molecule has 1 fully saturated rings. The van der Waals surface area contributed by atoms with Gasteiger partial charge in [-0.15, -0.1) is 0 Å². The third-order valence-electron chi connectivity index (χ3n) is 4.74. The number of halogens is 3. The second-order valence-corrected chi connectivity index (χ2v) is 10.4. The second kappa shape index (κ2) is 12.1. The van der Waals surface area contributed by atoms with Gasteiger partial charge in [0, 0.05) is 13.0 Å². The monoisotopic (exact) mass is 497 g/mol. The summed E-state index contributed by atoms with van der Waals surface area (Å²) in [4.78, 5) is 39.5. The molecule has 34 heavy (non-hydrogen) atoms. The Kier molecular flexibility index (Phi) is 10.7. The summed E-state index contributed by atoms with van der Waals surface area (Å²) in [5, 5.41) is 0. The Morgan fingerprint density at radius 3 is 1.94 bits per heavy atom. The normalized spacial score (nSPS) is 22.6. The van der Waals surface area contributed by atoms with Crippen molar-refractivity contribution < 1.29 is 46.5 Å². The minimum Gasteiger partial charge on any atom is -0.458 e. The zero-order valence-electron chi connectivity index (χ0n) is 21.1. The van der Waals surface area contributed by atoms with E-state index in [-0.39, 0.29) is 19.4 Å². The number of nitrogens with zero attached hydrogens (tertiary/aromatic N) is 1. The SMILES string of the molecule is C[C@@H]1OC(=O)[C@@H](N(C(=O)OC(C)(C)C)C(=O)OC(C)(C)C)CCCC[C@H]1OCCCC(F)(F)F. The van der Waals surface area contributed by atoms with Crippen LogP contribution in [0.4, 0.5) is 22.8 Å². The molecular weight excluding hydrogens is 459 g/mol. The third-order valence-corrected chi connectivity index (χ3v) is 4.74. The number of imide groups is 1. The van der Waals surface area contributed by atoms with E-state index >= 15 is 0 Å². The molecule has 0 bridgehead atoms. The first kappa shape index (κ1) is 30.0. The van der Waals surface area contributed by atoms with E-state index in [2.05, 4.69) is 0 Å². The van der Waals surface area contributed by atoms with Gasteiger partial charge in [-0.3, -0.25) is 0 Å². The van der Waals surface area contributed by atoms with E-state index in [4.69, 9.17) is 18.9 Å². The molecule has 0 aromatic rings. The van der Waals surface area contributed by atoms with E-state index in [1.807, 2.05) is 0 Å². The summed E-state index contributed by atoms with van der Waals surface area (Å²) in [7, 11) is 0. The van der Waals surface area contributed by atoms with Gasteiger partial charge in [-0.2, -0.15) is 18.1 Å². The molecule has 1 rings (SSSR count). The maximum atomic E-state index is 13.0. The van der Waals surface area contributed by atoms with Crippen LogP contribution in [0.3, 0.4) is 0 Å². The average Bonchev–Trinajstić information content (AvgIpc) is 2.66. The molecule has 1 heterocycles. The lowest BCUT2D eigenvalue weighted by Gasteiger charge is -2.32. The van der Waals surface area contributed by atoms with Crippen LogP contribution in [-0.4, -0.2) is 65.3 Å². The van der Waals surface area contributed by atoms with Gasteiger partial charge in [-0.25, -0.2) is 14.4 Å². The van der Waals surface area contributed by atoms with Crippen LogP contribution in [-0.2, 0) is 23.7 Å². The lowest BCUT2D eigenvalue weighted by Crippen LogP contribution is -2.53. The number of hydrogen-bond acceptors (Lipinski definition) is 7. The number of cyclic esters (lactones) is 1. The quantitative estimate of drug-likeness (QED) is 0.271. The molecule has 1 aliphatic rings. The van der Waals surface area contributed by atoms with Gasteiger partial charge in [0.1, 0.15) is 23.3 Å². The van der Waals surface area contributed by atoms with Crippen LogP contribution in [0.25, 0.3) is 0 Å². The van der Waals surface area contributed by atoms with Gasteiger partial charge in [0.15, 0.2) is 0 Å². The van der Waals surface area contributed by atoms with E-state index in [0.29, 0.717) is 24.2 Å². The lowest BCUT2D eigenvalue weighted by atomic mass is 10.0. The van der Waals surface area contributed by atoms with Crippen LogP contribution < -0.4 is 0 Å². The highest BCUT2D eigenvalue weighted by atomic mass is 19.4. The first-order valence-corrected chi connectivity index (χ1v) is 11.5. The van der Waals surface area contributed by atoms with Gasteiger partial charge in [0.2, 0.25) is 0 Å². The Balaban J connectivity index is 3.01. The lowest BCUT2D eigenvalue weighted by molar-refractivity contribution is -0.162. The standard InChI is InChI=1S/C23H38F3NO7/c1-15-17(31-14-10-13-23(24,25)26)12-9-8-11-16(18(28)32-15)27(19(29)33-21(2,3)4)20(30)34-22(5,6)7/h15-17H,8-14H2,1-7H3/t15-,16-,17+/m0/s1. The number of ether oxygens (including phenoxy) is 4. The summed E-state index contributed by atoms with van der Waals surface area (Å²) < 4.78 is 58.9. The number of carbonyl (C=O) groups excluding carboxylic acids is 3. The van der Waals surface area contributed by atoms with Crippen LogP contribution in [0.15, 0.2) is 0 Å². The first-order valence-electron chi connectivity index (χ1n) is 11.5. The molecule has 0 aromatic heterocycles. The maximum absolute atomic E-state index is 13.0. The van der Waals surface area contributed by atoms with Crippen molar-refractivity contribution >= 4 is 18.2 Å². The molecule has 1 saturated heterocycles. The fraction of sp³-hybridized carbons (Fsp3) is 0.870. The fourth-order valence-electron chi connectivity index (χ4n) is 3.29. The van der Waals surface area contributed by atoms with Crippen LogP contribution >= 0.6 is 0 Å². The Hall–Kier alpha value is -2.04. The predicted octanol–water partition coefficient (Wildman–Crippen LogP) is 5.76. The van der Waals surface area contributed by atoms with Gasteiger partial charge in [0.05, 0.1) is 6.10 Å². The Labute approximate surface area is 199 Å². The Morgan fingerprint density at radius 2 is 1.47 bits per heavy atom. The Bertz CT molecular complexity index is 670. The maximum Gasteiger partial charge on any atom is 0.420 e. The summed E-state index contributed by atoms with van der Waals surface area (Å²) in [6.07, 6.45) is -7.33. The summed E-state index contributed by atoms with van der Waals surface area (Å²) in [5.41, 5.74) is -1.86. The summed E-state index contributed by atoms with van der Waals surface area (Å²) in [6, 6.07) is -1.28. The van der Waals surface area contributed by atoms with Crippen molar-refractivity contribution in [3.8, 4) is 0 Å². The highest BCUT2D eigenvalue weighted by molar-refractivity contribution is 5.94. The molecule has 0 aromatic carbocycles. The Morgan fingerprint density at radius 1 is 0.971 bits per heavy atom. The zero-order chi connectivity index (χ0) is 26.3. The van der Waals surface area contributed by atoms with Crippen LogP contribution in [0.2, 0.25) is 0 Å². The molecule has 0 N–H and O–H groups in total. The summed E-state index contributed by atoms with van der Waals surface area (Å²) >= 11 is 0. The molecule has 2 amide bonds. The van der Waals surface area contributed by atoms with Crippen molar-refractivity contribution in [3.63, 3.8) is 0 Å². The molecule has 0 unspecified atom stereocenters. The summed E-state index contributed by atoms with van der Waals surface area (Å²) in [5.74, 6) is -0.838. The van der Waals surface area contributed by atoms with Crippen molar-refractivity contribution in [2.24, 2.45) is 0 Å². The minimum atomic E-state index is -4.26. The molecule has 3 atom stereocenters. The molecule has 198 valence electrons. The highest BCUT2D eigenvalue weighted by Gasteiger charge is 2.42. The molecule has 0 aliphatic carbocycles. The minimum absolute atomic E-state index is 0.116. The van der Waals surface area contributed by atoms with Crippen LogP contribution in [0, 0.1) is 0 Å². The third kappa shape index (κ3) is 11.4. The van der Waals surface area contributed by atoms with Crippen LogP contribution in [0.5, 0.6) is 0 Å². The fourth-order valence-corrected chi connectivity index (χ4v) is 3.29. The van der Waals surface area contributed by atoms with Crippen LogP contribution in [0.1, 0.15) is 87.0 Å². The number of carbonyl (C=O) groups is 3. The van der Waals surface area contributed by atoms with Crippen molar-refractivity contribution in [3.05, 3.63) is 0 Å². The molecular formula is C23H38F3NO7. The van der Waals surface area contributed by atoms with Gasteiger partial charge >= 0.3 is 24.3 Å². The molecule has 0 spiro atoms. The predicted molar refractivity (Wildman–Crippen MR) is 117 cm³/mol. The molecule has 11 heteroatoms. The van der Waals surface area contributed by atoms with Crippen molar-refractivity contribution in [1.29, 1.82) is 0 Å². The van der Waals surface area contributed by atoms with E-state index in [0.717, 1.165) is 0 Å². The summed E-state index contributed by atoms with van der Waals surface area (Å²) in [6.45, 7) is 11.2. The number of hydrogen-bond donors (Lipinski definition) is 0. The van der Waals surface area contributed by atoms with Gasteiger partial charge < -0.3 is 18.9 Å². The van der Waals surface area contributed by atoms with E-state index in [9.17, 15) is 27.6 Å². The number of alkyl halides is 3. The molecule has 0 saturated carbocycles. The van der Waals surface area contributed by atoms with Crippen molar-refractivity contribution in [2.45, 2.75) is 123 Å². The highest BCUT2D eigenvalue weighted by Crippen LogP contribution is 2.25. The molecule has 0 radical (unpaired) electrons. The first-order chi connectivity index (χ1) is 15.4. The largest absolute Gasteiger partial charge is 0.458 e. The van der Waals surface area contributed by atoms with Gasteiger partial charge in [-0.05, 0) is 67.7 Å². The van der Waals surface area contributed by atoms with Crippen molar-refractivity contribution in [2.75, 3.05) is 6.61 Å². The van der Waals surface area contributed by atoms with E-state index in [1.165, 1.54) is 0 Å². The number of rotatable bonds is 5. The van der Waals surface area contributed by atoms with Crippen molar-refractivity contribution in [1.82, 2.24) is 4.90 Å². The van der Waals surface area contributed by atoms with Gasteiger partial charge in [0.25, 0.3) is 0 Å². The number of esters is 1.